The van der Waals surface area contributed by atoms with Crippen molar-refractivity contribution in [1.29, 1.82) is 0 Å². The molecule has 54 valence electrons. The van der Waals surface area contributed by atoms with Gasteiger partial charge in [-0.05, 0) is 12.5 Å². The van der Waals surface area contributed by atoms with Crippen LogP contribution in [0.3, 0.4) is 0 Å². The van der Waals surface area contributed by atoms with Crippen LogP contribution >= 0.6 is 11.3 Å². The van der Waals surface area contributed by atoms with Crippen LogP contribution in [0.2, 0.25) is 0 Å². The molecule has 0 radical (unpaired) electrons. The van der Waals surface area contributed by atoms with Gasteiger partial charge < -0.3 is 0 Å². The molecule has 0 fully saturated rings. The summed E-state index contributed by atoms with van der Waals surface area (Å²) in [5, 5.41) is 10.4. The van der Waals surface area contributed by atoms with E-state index in [1.165, 1.54) is 11.3 Å². The molecule has 0 aliphatic carbocycles. The lowest BCUT2D eigenvalue weighted by Gasteiger charge is -1.81. The highest BCUT2D eigenvalue weighted by Gasteiger charge is 2.07. The summed E-state index contributed by atoms with van der Waals surface area (Å²) in [4.78, 5) is 10.9. The Bertz CT molecular complexity index is 244. The van der Waals surface area contributed by atoms with E-state index in [4.69, 9.17) is 0 Å². The molecule has 0 saturated heterocycles. The van der Waals surface area contributed by atoms with E-state index in [1.807, 2.05) is 6.92 Å². The highest BCUT2D eigenvalue weighted by Crippen LogP contribution is 2.23. The monoisotopic (exact) mass is 157 g/mol. The van der Waals surface area contributed by atoms with Gasteiger partial charge in [-0.1, -0.05) is 18.3 Å². The number of rotatable bonds is 2. The van der Waals surface area contributed by atoms with Gasteiger partial charge in [0.2, 0.25) is 0 Å². The molecule has 1 aromatic heterocycles. The molecule has 0 aromatic carbocycles. The molecule has 0 atom stereocenters. The summed E-state index contributed by atoms with van der Waals surface area (Å²) in [7, 11) is 0. The second kappa shape index (κ2) is 2.79. The lowest BCUT2D eigenvalue weighted by molar-refractivity contribution is -0.380. The van der Waals surface area contributed by atoms with Crippen LogP contribution in [0, 0.1) is 10.1 Å². The highest BCUT2D eigenvalue weighted by atomic mass is 32.1. The Morgan fingerprint density at radius 3 is 2.70 bits per heavy atom. The predicted molar refractivity (Wildman–Crippen MR) is 40.4 cm³/mol. The molecule has 1 heterocycles. The van der Waals surface area contributed by atoms with Crippen molar-refractivity contribution >= 4 is 16.3 Å². The van der Waals surface area contributed by atoms with Crippen LogP contribution in [0.15, 0.2) is 12.1 Å². The summed E-state index contributed by atoms with van der Waals surface area (Å²) in [6, 6.07) is 3.34. The SMILES string of the molecule is CCc1ccc([N+](=O)[O-])s1. The Balaban J connectivity index is 2.88. The Labute approximate surface area is 62.5 Å². The van der Waals surface area contributed by atoms with Gasteiger partial charge in [-0.25, -0.2) is 0 Å². The first-order valence-corrected chi connectivity index (χ1v) is 3.78. The first-order chi connectivity index (χ1) is 4.74. The second-order valence-electron chi connectivity index (χ2n) is 1.85. The van der Waals surface area contributed by atoms with Gasteiger partial charge in [-0.15, -0.1) is 0 Å². The number of nitrogens with zero attached hydrogens (tertiary/aromatic N) is 1. The highest BCUT2D eigenvalue weighted by molar-refractivity contribution is 7.15. The first kappa shape index (κ1) is 7.21. The molecule has 0 aliphatic rings. The first-order valence-electron chi connectivity index (χ1n) is 2.97. The van der Waals surface area contributed by atoms with Gasteiger partial charge in [-0.3, -0.25) is 10.1 Å². The van der Waals surface area contributed by atoms with Gasteiger partial charge in [0.25, 0.3) is 0 Å². The van der Waals surface area contributed by atoms with Gasteiger partial charge in [0.05, 0.1) is 4.92 Å². The predicted octanol–water partition coefficient (Wildman–Crippen LogP) is 2.22. The van der Waals surface area contributed by atoms with Gasteiger partial charge >= 0.3 is 5.00 Å². The van der Waals surface area contributed by atoms with Crippen molar-refractivity contribution in [2.75, 3.05) is 0 Å². The minimum absolute atomic E-state index is 0.233. The fourth-order valence-electron chi connectivity index (χ4n) is 0.655. The van der Waals surface area contributed by atoms with Crippen LogP contribution < -0.4 is 0 Å². The molecule has 1 aromatic rings. The minimum atomic E-state index is -0.357. The smallest absolute Gasteiger partial charge is 0.258 e. The summed E-state index contributed by atoms with van der Waals surface area (Å²) >= 11 is 1.24. The molecule has 1 rings (SSSR count). The summed E-state index contributed by atoms with van der Waals surface area (Å²) in [6.45, 7) is 1.98. The Hall–Kier alpha value is -0.900. The van der Waals surface area contributed by atoms with Crippen LogP contribution in [0.25, 0.3) is 0 Å². The van der Waals surface area contributed by atoms with E-state index in [1.54, 1.807) is 12.1 Å². The summed E-state index contributed by atoms with van der Waals surface area (Å²) in [5.41, 5.74) is 0. The maximum absolute atomic E-state index is 10.1. The molecule has 0 saturated carbocycles. The van der Waals surface area contributed by atoms with Crippen molar-refractivity contribution in [3.8, 4) is 0 Å². The number of thiophene rings is 1. The third-order valence-corrected chi connectivity index (χ3v) is 2.36. The normalized spacial score (nSPS) is 9.70. The van der Waals surface area contributed by atoms with Crippen molar-refractivity contribution in [3.05, 3.63) is 27.1 Å². The number of hydrogen-bond acceptors (Lipinski definition) is 3. The zero-order chi connectivity index (χ0) is 7.56. The van der Waals surface area contributed by atoms with Gasteiger partial charge in [0, 0.05) is 10.9 Å². The maximum atomic E-state index is 10.1. The van der Waals surface area contributed by atoms with Crippen molar-refractivity contribution in [3.63, 3.8) is 0 Å². The van der Waals surface area contributed by atoms with Gasteiger partial charge in [-0.2, -0.15) is 0 Å². The zero-order valence-electron chi connectivity index (χ0n) is 5.53. The summed E-state index contributed by atoms with van der Waals surface area (Å²) < 4.78 is 0. The molecule has 0 spiro atoms. The average molecular weight is 157 g/mol. The largest absolute Gasteiger partial charge is 0.324 e. The zero-order valence-corrected chi connectivity index (χ0v) is 6.35. The van der Waals surface area contributed by atoms with Crippen molar-refractivity contribution in [1.82, 2.24) is 0 Å². The molecule has 3 nitrogen and oxygen atoms in total. The minimum Gasteiger partial charge on any atom is -0.258 e. The van der Waals surface area contributed by atoms with E-state index >= 15 is 0 Å². The van der Waals surface area contributed by atoms with Gasteiger partial charge in [0.15, 0.2) is 0 Å². The fourth-order valence-corrected chi connectivity index (χ4v) is 1.41. The van der Waals surface area contributed by atoms with Crippen LogP contribution in [0.5, 0.6) is 0 Å². The van der Waals surface area contributed by atoms with Crippen molar-refractivity contribution in [2.24, 2.45) is 0 Å². The summed E-state index contributed by atoms with van der Waals surface area (Å²) in [5.74, 6) is 0. The molecule has 4 heteroatoms. The topological polar surface area (TPSA) is 43.1 Å². The molecule has 0 bridgehead atoms. The van der Waals surface area contributed by atoms with E-state index in [0.717, 1.165) is 11.3 Å². The van der Waals surface area contributed by atoms with Gasteiger partial charge in [0.1, 0.15) is 0 Å². The van der Waals surface area contributed by atoms with Crippen LogP contribution in [0.4, 0.5) is 5.00 Å². The van der Waals surface area contributed by atoms with E-state index in [9.17, 15) is 10.1 Å². The second-order valence-corrected chi connectivity index (χ2v) is 3.00. The maximum Gasteiger partial charge on any atom is 0.324 e. The number of nitro groups is 1. The van der Waals surface area contributed by atoms with E-state index < -0.39 is 0 Å². The number of aryl methyl sites for hydroxylation is 1. The number of hydrogen-bond donors (Lipinski definition) is 0. The molecular weight excluding hydrogens is 150 g/mol. The fraction of sp³-hybridized carbons (Fsp3) is 0.333. The third kappa shape index (κ3) is 1.33. The average Bonchev–Trinajstić information content (AvgIpc) is 2.34. The van der Waals surface area contributed by atoms with Crippen LogP contribution in [-0.4, -0.2) is 4.92 Å². The van der Waals surface area contributed by atoms with Crippen LogP contribution in [0.1, 0.15) is 11.8 Å². The Morgan fingerprint density at radius 2 is 2.40 bits per heavy atom. The lowest BCUT2D eigenvalue weighted by Crippen LogP contribution is -1.80. The van der Waals surface area contributed by atoms with Crippen LogP contribution in [-0.2, 0) is 6.42 Å². The molecule has 0 unspecified atom stereocenters. The standard InChI is InChI=1S/C6H7NO2S/c1-2-5-3-4-6(10-5)7(8)9/h3-4H,2H2,1H3. The Morgan fingerprint density at radius 1 is 1.70 bits per heavy atom. The molecule has 10 heavy (non-hydrogen) atoms. The van der Waals surface area contributed by atoms with E-state index in [2.05, 4.69) is 0 Å². The van der Waals surface area contributed by atoms with Crippen molar-refractivity contribution < 1.29 is 4.92 Å². The van der Waals surface area contributed by atoms with Crippen molar-refractivity contribution in [2.45, 2.75) is 13.3 Å². The molecular formula is C6H7NO2S. The molecule has 0 N–H and O–H groups in total. The molecule has 0 amide bonds. The van der Waals surface area contributed by atoms with E-state index in [-0.39, 0.29) is 9.92 Å². The summed E-state index contributed by atoms with van der Waals surface area (Å²) in [6.07, 6.45) is 0.874. The Kier molecular flexibility index (Phi) is 2.01. The lowest BCUT2D eigenvalue weighted by atomic mass is 10.4. The third-order valence-electron chi connectivity index (χ3n) is 1.18. The van der Waals surface area contributed by atoms with E-state index in [0.29, 0.717) is 0 Å². The molecule has 0 aliphatic heterocycles. The quantitative estimate of drug-likeness (QED) is 0.488.